The Morgan fingerprint density at radius 1 is 1.17 bits per heavy atom. The van der Waals surface area contributed by atoms with Crippen LogP contribution in [0.3, 0.4) is 0 Å². The van der Waals surface area contributed by atoms with Crippen molar-refractivity contribution in [3.63, 3.8) is 0 Å². The van der Waals surface area contributed by atoms with Crippen molar-refractivity contribution in [1.29, 1.82) is 0 Å². The van der Waals surface area contributed by atoms with Crippen molar-refractivity contribution in [3.05, 3.63) is 59.0 Å². The number of methoxy groups -OCH3 is 1. The Labute approximate surface area is 170 Å². The number of aromatic nitrogens is 1. The van der Waals surface area contributed by atoms with Crippen LogP contribution in [0.25, 0.3) is 10.9 Å². The Morgan fingerprint density at radius 3 is 2.79 bits per heavy atom. The molecule has 5 nitrogen and oxygen atoms in total. The Balaban J connectivity index is 1.50. The molecule has 0 radical (unpaired) electrons. The van der Waals surface area contributed by atoms with Gasteiger partial charge in [-0.15, -0.1) is 0 Å². The highest BCUT2D eigenvalue weighted by atomic mass is 19.1. The lowest BCUT2D eigenvalue weighted by Gasteiger charge is -2.36. The van der Waals surface area contributed by atoms with Crippen molar-refractivity contribution in [3.8, 4) is 11.5 Å². The van der Waals surface area contributed by atoms with E-state index in [9.17, 15) is 9.50 Å². The largest absolute Gasteiger partial charge is 0.493 e. The molecule has 2 N–H and O–H groups in total. The number of halogens is 1. The molecule has 1 aliphatic heterocycles. The summed E-state index contributed by atoms with van der Waals surface area (Å²) in [6, 6.07) is 10.6. The Morgan fingerprint density at radius 2 is 2.00 bits per heavy atom. The van der Waals surface area contributed by atoms with Crippen molar-refractivity contribution < 1.29 is 19.0 Å². The van der Waals surface area contributed by atoms with Gasteiger partial charge in [0.2, 0.25) is 0 Å². The summed E-state index contributed by atoms with van der Waals surface area (Å²) in [4.78, 5) is 5.81. The van der Waals surface area contributed by atoms with E-state index in [1.165, 1.54) is 41.4 Å². The highest BCUT2D eigenvalue weighted by Crippen LogP contribution is 2.31. The standard InChI is InChI=1S/C23H27FN2O3/c1-14-4-6-18-17(10-14)15(2)19(25-18)12-26-9-8-20(27)23(13-26)29-21-7-5-16(24)11-22(21)28-3/h4-7,10-11,20,23,25,27H,8-9,12-13H2,1-3H3/t20-,23-/m1/s1. The summed E-state index contributed by atoms with van der Waals surface area (Å²) in [5.41, 5.74) is 4.82. The number of piperidine rings is 1. The summed E-state index contributed by atoms with van der Waals surface area (Å²) in [5, 5.41) is 11.7. The van der Waals surface area contributed by atoms with Crippen LogP contribution in [-0.4, -0.2) is 47.4 Å². The fourth-order valence-corrected chi connectivity index (χ4v) is 4.01. The molecular formula is C23H27FN2O3. The van der Waals surface area contributed by atoms with Crippen LogP contribution in [0.15, 0.2) is 36.4 Å². The molecule has 1 aromatic heterocycles. The lowest BCUT2D eigenvalue weighted by atomic mass is 10.0. The fraction of sp³-hybridized carbons (Fsp3) is 0.391. The van der Waals surface area contributed by atoms with Gasteiger partial charge in [-0.3, -0.25) is 4.90 Å². The van der Waals surface area contributed by atoms with Crippen molar-refractivity contribution >= 4 is 10.9 Å². The zero-order valence-corrected chi connectivity index (χ0v) is 17.0. The number of fused-ring (bicyclic) bond motifs is 1. The topological polar surface area (TPSA) is 57.7 Å². The average Bonchev–Trinajstić information content (AvgIpc) is 3.01. The SMILES string of the molecule is COc1cc(F)ccc1O[C@@H]1CN(Cc2[nH]c3ccc(C)cc3c2C)CC[C@H]1O. The van der Waals surface area contributed by atoms with Crippen LogP contribution in [0.1, 0.15) is 23.2 Å². The van der Waals surface area contributed by atoms with E-state index in [2.05, 4.69) is 41.9 Å². The number of likely N-dealkylation sites (tertiary alicyclic amines) is 1. The fourth-order valence-electron chi connectivity index (χ4n) is 4.01. The number of nitrogens with one attached hydrogen (secondary N) is 1. The third kappa shape index (κ3) is 4.09. The van der Waals surface area contributed by atoms with Crippen LogP contribution in [0.2, 0.25) is 0 Å². The number of ether oxygens (including phenoxy) is 2. The molecule has 3 aromatic rings. The maximum atomic E-state index is 13.4. The van der Waals surface area contributed by atoms with E-state index in [4.69, 9.17) is 9.47 Å². The number of hydrogen-bond acceptors (Lipinski definition) is 4. The molecule has 154 valence electrons. The Hall–Kier alpha value is -2.57. The number of benzene rings is 2. The molecule has 4 rings (SSSR count). The zero-order valence-electron chi connectivity index (χ0n) is 17.0. The normalized spacial score (nSPS) is 20.2. The van der Waals surface area contributed by atoms with Crippen LogP contribution in [0.5, 0.6) is 11.5 Å². The maximum Gasteiger partial charge on any atom is 0.163 e. The highest BCUT2D eigenvalue weighted by molar-refractivity contribution is 5.85. The van der Waals surface area contributed by atoms with Crippen molar-refractivity contribution in [2.24, 2.45) is 0 Å². The number of H-pyrrole nitrogens is 1. The highest BCUT2D eigenvalue weighted by Gasteiger charge is 2.30. The zero-order chi connectivity index (χ0) is 20.5. The van der Waals surface area contributed by atoms with Gasteiger partial charge < -0.3 is 19.6 Å². The number of aliphatic hydroxyl groups excluding tert-OH is 1. The Bertz CT molecular complexity index is 1020. The van der Waals surface area contributed by atoms with E-state index >= 15 is 0 Å². The molecular weight excluding hydrogens is 371 g/mol. The molecule has 1 aliphatic rings. The molecule has 0 unspecified atom stereocenters. The molecule has 1 saturated heterocycles. The number of aromatic amines is 1. The van der Waals surface area contributed by atoms with Gasteiger partial charge in [-0.2, -0.15) is 0 Å². The number of hydrogen-bond donors (Lipinski definition) is 2. The van der Waals surface area contributed by atoms with E-state index in [-0.39, 0.29) is 5.82 Å². The molecule has 0 aliphatic carbocycles. The number of aryl methyl sites for hydroxylation is 2. The summed E-state index contributed by atoms with van der Waals surface area (Å²) in [5.74, 6) is 0.387. The molecule has 1 fully saturated rings. The van der Waals surface area contributed by atoms with Crippen molar-refractivity contribution in [2.45, 2.75) is 39.0 Å². The predicted molar refractivity (Wildman–Crippen MR) is 111 cm³/mol. The molecule has 0 bridgehead atoms. The average molecular weight is 398 g/mol. The predicted octanol–water partition coefficient (Wildman–Crippen LogP) is 3.95. The second-order valence-electron chi connectivity index (χ2n) is 7.82. The monoisotopic (exact) mass is 398 g/mol. The first-order valence-corrected chi connectivity index (χ1v) is 9.93. The molecule has 6 heteroatoms. The van der Waals surface area contributed by atoms with Gasteiger partial charge in [0.1, 0.15) is 11.9 Å². The third-order valence-corrected chi connectivity index (χ3v) is 5.71. The first-order chi connectivity index (χ1) is 13.9. The number of nitrogens with zero attached hydrogens (tertiary/aromatic N) is 1. The van der Waals surface area contributed by atoms with Crippen LogP contribution in [0.4, 0.5) is 4.39 Å². The summed E-state index contributed by atoms with van der Waals surface area (Å²) in [7, 11) is 1.48. The minimum atomic E-state index is -0.576. The van der Waals surface area contributed by atoms with Gasteiger partial charge in [0.05, 0.1) is 13.2 Å². The van der Waals surface area contributed by atoms with E-state index in [1.807, 2.05) is 0 Å². The van der Waals surface area contributed by atoms with Crippen LogP contribution < -0.4 is 9.47 Å². The second-order valence-corrected chi connectivity index (χ2v) is 7.82. The smallest absolute Gasteiger partial charge is 0.163 e. The first-order valence-electron chi connectivity index (χ1n) is 9.93. The minimum absolute atomic E-state index is 0.330. The van der Waals surface area contributed by atoms with Crippen LogP contribution in [0, 0.1) is 19.7 Å². The lowest BCUT2D eigenvalue weighted by molar-refractivity contribution is -0.0279. The third-order valence-electron chi connectivity index (χ3n) is 5.71. The summed E-state index contributed by atoms with van der Waals surface area (Å²) in [6.45, 7) is 6.37. The molecule has 0 spiro atoms. The number of rotatable bonds is 5. The second kappa shape index (κ2) is 8.05. The van der Waals surface area contributed by atoms with Gasteiger partial charge in [-0.1, -0.05) is 11.6 Å². The van der Waals surface area contributed by atoms with Gasteiger partial charge in [-0.25, -0.2) is 4.39 Å². The molecule has 29 heavy (non-hydrogen) atoms. The summed E-state index contributed by atoms with van der Waals surface area (Å²) >= 11 is 0. The molecule has 0 saturated carbocycles. The Kier molecular flexibility index (Phi) is 5.48. The first kappa shape index (κ1) is 19.7. The molecule has 2 atom stereocenters. The summed E-state index contributed by atoms with van der Waals surface area (Å²) < 4.78 is 24.7. The number of aliphatic hydroxyl groups is 1. The van der Waals surface area contributed by atoms with Gasteiger partial charge in [0, 0.05) is 42.3 Å². The van der Waals surface area contributed by atoms with Gasteiger partial charge in [-0.05, 0) is 50.1 Å². The van der Waals surface area contributed by atoms with E-state index in [0.717, 1.165) is 18.6 Å². The van der Waals surface area contributed by atoms with E-state index in [0.29, 0.717) is 24.5 Å². The van der Waals surface area contributed by atoms with Gasteiger partial charge in [0.25, 0.3) is 0 Å². The molecule has 2 aromatic carbocycles. The molecule has 0 amide bonds. The van der Waals surface area contributed by atoms with E-state index < -0.39 is 12.2 Å². The van der Waals surface area contributed by atoms with Crippen LogP contribution >= 0.6 is 0 Å². The van der Waals surface area contributed by atoms with Crippen molar-refractivity contribution in [1.82, 2.24) is 9.88 Å². The van der Waals surface area contributed by atoms with Crippen molar-refractivity contribution in [2.75, 3.05) is 20.2 Å². The van der Waals surface area contributed by atoms with E-state index in [1.54, 1.807) is 6.07 Å². The summed E-state index contributed by atoms with van der Waals surface area (Å²) in [6.07, 6.45) is -0.366. The lowest BCUT2D eigenvalue weighted by Crippen LogP contribution is -2.49. The maximum absolute atomic E-state index is 13.4. The van der Waals surface area contributed by atoms with Crippen LogP contribution in [-0.2, 0) is 6.54 Å². The quantitative estimate of drug-likeness (QED) is 0.683. The van der Waals surface area contributed by atoms with Gasteiger partial charge >= 0.3 is 0 Å². The van der Waals surface area contributed by atoms with Gasteiger partial charge in [0.15, 0.2) is 11.5 Å². The minimum Gasteiger partial charge on any atom is -0.493 e. The molecule has 2 heterocycles.